The summed E-state index contributed by atoms with van der Waals surface area (Å²) >= 11 is 0. The molecule has 0 bridgehead atoms. The number of aromatic nitrogens is 3. The summed E-state index contributed by atoms with van der Waals surface area (Å²) in [5, 5.41) is 6.77. The van der Waals surface area contributed by atoms with Crippen molar-refractivity contribution in [3.8, 4) is 11.4 Å². The number of hydrogen-bond acceptors (Lipinski definition) is 4. The molecule has 0 radical (unpaired) electrons. The van der Waals surface area contributed by atoms with E-state index in [2.05, 4.69) is 15.2 Å². The van der Waals surface area contributed by atoms with Gasteiger partial charge in [0.2, 0.25) is 0 Å². The Morgan fingerprint density at radius 2 is 1.41 bits per heavy atom. The minimum Gasteiger partial charge on any atom is -0.268 e. The molecule has 4 rings (SSSR count). The first-order chi connectivity index (χ1) is 10.8. The highest BCUT2D eigenvalue weighted by Crippen LogP contribution is 2.27. The average Bonchev–Trinajstić information content (AvgIpc) is 3.13. The van der Waals surface area contributed by atoms with E-state index >= 15 is 0 Å². The number of amides is 2. The van der Waals surface area contributed by atoms with E-state index < -0.39 is 11.8 Å². The maximum absolute atomic E-state index is 12.4. The van der Waals surface area contributed by atoms with Crippen molar-refractivity contribution in [2.45, 2.75) is 0 Å². The lowest BCUT2D eigenvalue weighted by Gasteiger charge is -2.07. The third-order valence-corrected chi connectivity index (χ3v) is 3.51. The van der Waals surface area contributed by atoms with E-state index in [0.29, 0.717) is 17.0 Å². The summed E-state index contributed by atoms with van der Waals surface area (Å²) in [6, 6.07) is 16.1. The van der Waals surface area contributed by atoms with Crippen molar-refractivity contribution in [2.24, 2.45) is 0 Å². The lowest BCUT2D eigenvalue weighted by atomic mass is 10.1. The third kappa shape index (κ3) is 1.74. The Kier molecular flexibility index (Phi) is 2.62. The van der Waals surface area contributed by atoms with E-state index in [-0.39, 0.29) is 5.95 Å². The normalized spacial score (nSPS) is 13.5. The summed E-state index contributed by atoms with van der Waals surface area (Å²) in [5.74, 6) is -0.240. The van der Waals surface area contributed by atoms with Crippen LogP contribution >= 0.6 is 0 Å². The molecule has 1 aromatic heterocycles. The molecular formula is C16H10N4O2. The Bertz CT molecular complexity index is 851. The summed E-state index contributed by atoms with van der Waals surface area (Å²) in [6.07, 6.45) is 0. The van der Waals surface area contributed by atoms with E-state index in [9.17, 15) is 9.59 Å². The molecule has 1 aliphatic heterocycles. The van der Waals surface area contributed by atoms with E-state index in [1.54, 1.807) is 24.3 Å². The van der Waals surface area contributed by atoms with Gasteiger partial charge < -0.3 is 0 Å². The fourth-order valence-corrected chi connectivity index (χ4v) is 2.45. The van der Waals surface area contributed by atoms with Gasteiger partial charge in [-0.25, -0.2) is 4.90 Å². The van der Waals surface area contributed by atoms with Crippen molar-refractivity contribution in [3.63, 3.8) is 0 Å². The maximum Gasteiger partial charge on any atom is 0.268 e. The van der Waals surface area contributed by atoms with Gasteiger partial charge in [-0.2, -0.15) is 4.98 Å². The number of H-pyrrole nitrogens is 1. The van der Waals surface area contributed by atoms with Crippen LogP contribution in [0.25, 0.3) is 11.4 Å². The Morgan fingerprint density at radius 3 is 2.05 bits per heavy atom. The molecule has 106 valence electrons. The van der Waals surface area contributed by atoms with Gasteiger partial charge in [0.25, 0.3) is 17.8 Å². The van der Waals surface area contributed by atoms with Gasteiger partial charge >= 0.3 is 0 Å². The maximum atomic E-state index is 12.4. The number of carbonyl (C=O) groups is 2. The van der Waals surface area contributed by atoms with Crippen LogP contribution in [-0.4, -0.2) is 27.0 Å². The van der Waals surface area contributed by atoms with Gasteiger partial charge in [0.15, 0.2) is 5.82 Å². The van der Waals surface area contributed by atoms with Gasteiger partial charge in [-0.3, -0.25) is 14.7 Å². The Balaban J connectivity index is 1.74. The molecule has 0 saturated carbocycles. The molecule has 22 heavy (non-hydrogen) atoms. The predicted molar refractivity (Wildman–Crippen MR) is 79.4 cm³/mol. The molecule has 0 unspecified atom stereocenters. The Labute approximate surface area is 125 Å². The minimum atomic E-state index is -0.404. The number of rotatable bonds is 2. The lowest BCUT2D eigenvalue weighted by Crippen LogP contribution is -2.30. The SMILES string of the molecule is O=C1c2ccccc2C(=O)N1c1n[nH]c(-c2ccccc2)n1. The smallest absolute Gasteiger partial charge is 0.268 e. The van der Waals surface area contributed by atoms with Gasteiger partial charge in [-0.05, 0) is 12.1 Å². The van der Waals surface area contributed by atoms with Crippen molar-refractivity contribution >= 4 is 17.8 Å². The summed E-state index contributed by atoms with van der Waals surface area (Å²) < 4.78 is 0. The van der Waals surface area contributed by atoms with E-state index in [0.717, 1.165) is 10.5 Å². The average molecular weight is 290 g/mol. The molecule has 0 spiro atoms. The molecular weight excluding hydrogens is 280 g/mol. The first-order valence-corrected chi connectivity index (χ1v) is 6.71. The summed E-state index contributed by atoms with van der Waals surface area (Å²) in [5.41, 5.74) is 1.58. The molecule has 0 fully saturated rings. The number of hydrogen-bond donors (Lipinski definition) is 1. The van der Waals surface area contributed by atoms with E-state index in [1.807, 2.05) is 30.3 Å². The summed E-state index contributed by atoms with van der Waals surface area (Å²) in [6.45, 7) is 0. The van der Waals surface area contributed by atoms with Crippen LogP contribution in [0.15, 0.2) is 54.6 Å². The van der Waals surface area contributed by atoms with E-state index in [1.165, 1.54) is 0 Å². The molecule has 6 heteroatoms. The second-order valence-corrected chi connectivity index (χ2v) is 4.84. The summed E-state index contributed by atoms with van der Waals surface area (Å²) in [4.78, 5) is 30.0. The van der Waals surface area contributed by atoms with Gasteiger partial charge in [0, 0.05) is 5.56 Å². The van der Waals surface area contributed by atoms with Gasteiger partial charge in [-0.15, -0.1) is 5.10 Å². The molecule has 1 N–H and O–H groups in total. The van der Waals surface area contributed by atoms with Crippen LogP contribution in [0, 0.1) is 0 Å². The van der Waals surface area contributed by atoms with Crippen molar-refractivity contribution in [2.75, 3.05) is 4.90 Å². The van der Waals surface area contributed by atoms with Crippen molar-refractivity contribution in [3.05, 3.63) is 65.7 Å². The number of carbonyl (C=O) groups excluding carboxylic acids is 2. The molecule has 6 nitrogen and oxygen atoms in total. The van der Waals surface area contributed by atoms with Crippen LogP contribution in [0.1, 0.15) is 20.7 Å². The number of anilines is 1. The second-order valence-electron chi connectivity index (χ2n) is 4.84. The first kappa shape index (κ1) is 12.5. The van der Waals surface area contributed by atoms with Crippen LogP contribution in [0.5, 0.6) is 0 Å². The van der Waals surface area contributed by atoms with Crippen molar-refractivity contribution in [1.29, 1.82) is 0 Å². The topological polar surface area (TPSA) is 79.0 Å². The monoisotopic (exact) mass is 290 g/mol. The van der Waals surface area contributed by atoms with Gasteiger partial charge in [0.1, 0.15) is 0 Å². The number of imide groups is 1. The molecule has 0 aliphatic carbocycles. The molecule has 0 saturated heterocycles. The predicted octanol–water partition coefficient (Wildman–Crippen LogP) is 2.27. The van der Waals surface area contributed by atoms with Crippen LogP contribution in [0.3, 0.4) is 0 Å². The molecule has 2 amide bonds. The molecule has 1 aliphatic rings. The van der Waals surface area contributed by atoms with E-state index in [4.69, 9.17) is 0 Å². The number of fused-ring (bicyclic) bond motifs is 1. The highest BCUT2D eigenvalue weighted by Gasteiger charge is 2.38. The molecule has 2 aromatic carbocycles. The number of aromatic amines is 1. The zero-order valence-corrected chi connectivity index (χ0v) is 11.4. The van der Waals surface area contributed by atoms with Gasteiger partial charge in [0.05, 0.1) is 11.1 Å². The fourth-order valence-electron chi connectivity index (χ4n) is 2.45. The zero-order valence-electron chi connectivity index (χ0n) is 11.4. The van der Waals surface area contributed by atoms with Crippen LogP contribution in [-0.2, 0) is 0 Å². The zero-order chi connectivity index (χ0) is 15.1. The highest BCUT2D eigenvalue weighted by atomic mass is 16.2. The van der Waals surface area contributed by atoms with Crippen LogP contribution in [0.2, 0.25) is 0 Å². The third-order valence-electron chi connectivity index (χ3n) is 3.51. The van der Waals surface area contributed by atoms with Crippen molar-refractivity contribution < 1.29 is 9.59 Å². The quantitative estimate of drug-likeness (QED) is 0.734. The number of benzene rings is 2. The molecule has 2 heterocycles. The Hall–Kier alpha value is -3.28. The largest absolute Gasteiger partial charge is 0.268 e. The van der Waals surface area contributed by atoms with Crippen LogP contribution in [0.4, 0.5) is 5.95 Å². The van der Waals surface area contributed by atoms with Crippen LogP contribution < -0.4 is 4.90 Å². The van der Waals surface area contributed by atoms with Crippen molar-refractivity contribution in [1.82, 2.24) is 15.2 Å². The Morgan fingerprint density at radius 1 is 0.818 bits per heavy atom. The lowest BCUT2D eigenvalue weighted by molar-refractivity contribution is 0.0924. The highest BCUT2D eigenvalue weighted by molar-refractivity contribution is 6.33. The van der Waals surface area contributed by atoms with Gasteiger partial charge in [-0.1, -0.05) is 42.5 Å². The number of nitrogens with one attached hydrogen (secondary N) is 1. The molecule has 3 aromatic rings. The minimum absolute atomic E-state index is 0.0602. The number of nitrogens with zero attached hydrogens (tertiary/aromatic N) is 3. The summed E-state index contributed by atoms with van der Waals surface area (Å²) in [7, 11) is 0. The first-order valence-electron chi connectivity index (χ1n) is 6.71. The molecule has 0 atom stereocenters. The standard InChI is InChI=1S/C16H10N4O2/c21-14-11-8-4-5-9-12(11)15(22)20(14)16-17-13(18-19-16)10-6-2-1-3-7-10/h1-9H,(H,17,18,19). The second kappa shape index (κ2) is 4.63. The fraction of sp³-hybridized carbons (Fsp3) is 0.